The van der Waals surface area contributed by atoms with Crippen molar-refractivity contribution in [1.29, 1.82) is 0 Å². The lowest BCUT2D eigenvalue weighted by molar-refractivity contribution is -0.131. The normalized spacial score (nSPS) is 10.7. The van der Waals surface area contributed by atoms with E-state index in [-0.39, 0.29) is 5.91 Å². The maximum atomic E-state index is 12.5. The van der Waals surface area contributed by atoms with Gasteiger partial charge in [0.25, 0.3) is 0 Å². The molecule has 0 aromatic heterocycles. The number of hydrogen-bond donors (Lipinski definition) is 0. The van der Waals surface area contributed by atoms with E-state index in [4.69, 9.17) is 9.47 Å². The molecule has 0 fully saturated rings. The predicted octanol–water partition coefficient (Wildman–Crippen LogP) is 3.18. The molecule has 0 saturated heterocycles. The maximum Gasteiger partial charge on any atom is 0.236 e. The van der Waals surface area contributed by atoms with E-state index in [0.717, 1.165) is 22.6 Å². The molecule has 0 radical (unpaired) electrons. The summed E-state index contributed by atoms with van der Waals surface area (Å²) in [4.78, 5) is 16.2. The van der Waals surface area contributed by atoms with Crippen molar-refractivity contribution < 1.29 is 14.3 Å². The molecule has 1 amide bonds. The molecule has 140 valence electrons. The van der Waals surface area contributed by atoms with Crippen LogP contribution in [0.25, 0.3) is 0 Å². The van der Waals surface area contributed by atoms with Crippen LogP contribution in [0.5, 0.6) is 11.5 Å². The lowest BCUT2D eigenvalue weighted by atomic mass is 10.2. The van der Waals surface area contributed by atoms with Crippen LogP contribution in [0.3, 0.4) is 0 Å². The van der Waals surface area contributed by atoms with Gasteiger partial charge in [-0.25, -0.2) is 0 Å². The van der Waals surface area contributed by atoms with Crippen molar-refractivity contribution >= 4 is 5.91 Å². The smallest absolute Gasteiger partial charge is 0.236 e. The van der Waals surface area contributed by atoms with Gasteiger partial charge in [-0.3, -0.25) is 9.69 Å². The highest BCUT2D eigenvalue weighted by molar-refractivity contribution is 5.78. The summed E-state index contributed by atoms with van der Waals surface area (Å²) in [6, 6.07) is 15.8. The molecule has 0 aliphatic rings. The summed E-state index contributed by atoms with van der Waals surface area (Å²) in [7, 11) is 5.42. The summed E-state index contributed by atoms with van der Waals surface area (Å²) in [5.41, 5.74) is 2.20. The minimum Gasteiger partial charge on any atom is -0.497 e. The van der Waals surface area contributed by atoms with Gasteiger partial charge in [-0.05, 0) is 49.4 Å². The second-order valence-electron chi connectivity index (χ2n) is 6.35. The molecule has 5 heteroatoms. The summed E-state index contributed by atoms with van der Waals surface area (Å²) in [5, 5.41) is 0. The Balaban J connectivity index is 1.85. The van der Waals surface area contributed by atoms with Crippen LogP contribution in [-0.4, -0.2) is 50.1 Å². The molecule has 0 heterocycles. The Kier molecular flexibility index (Phi) is 7.48. The highest BCUT2D eigenvalue weighted by Crippen LogP contribution is 2.15. The predicted molar refractivity (Wildman–Crippen MR) is 103 cm³/mol. The Labute approximate surface area is 156 Å². The average Bonchev–Trinajstić information content (AvgIpc) is 2.63. The van der Waals surface area contributed by atoms with Crippen LogP contribution in [0.2, 0.25) is 0 Å². The van der Waals surface area contributed by atoms with Gasteiger partial charge in [0.1, 0.15) is 11.5 Å². The Bertz CT molecular complexity index is 701. The maximum absolute atomic E-state index is 12.5. The minimum atomic E-state index is 0.0845. The molecule has 0 spiro atoms. The molecule has 0 unspecified atom stereocenters. The summed E-state index contributed by atoms with van der Waals surface area (Å²) >= 11 is 0. The van der Waals surface area contributed by atoms with Crippen LogP contribution in [0, 0.1) is 0 Å². The molecule has 0 saturated carbocycles. The lowest BCUT2D eigenvalue weighted by Gasteiger charge is -2.22. The van der Waals surface area contributed by atoms with Crippen molar-refractivity contribution in [3.05, 3.63) is 59.7 Å². The number of ether oxygens (including phenoxy) is 2. The van der Waals surface area contributed by atoms with Crippen molar-refractivity contribution in [2.45, 2.75) is 20.0 Å². The number of carbonyl (C=O) groups excluding carboxylic acids is 1. The summed E-state index contributed by atoms with van der Waals surface area (Å²) in [6.07, 6.45) is 0. The first-order valence-electron chi connectivity index (χ1n) is 8.79. The van der Waals surface area contributed by atoms with E-state index in [0.29, 0.717) is 26.2 Å². The largest absolute Gasteiger partial charge is 0.497 e. The van der Waals surface area contributed by atoms with E-state index in [1.165, 1.54) is 0 Å². The third-order valence-corrected chi connectivity index (χ3v) is 4.07. The molecule has 0 aliphatic heterocycles. The zero-order chi connectivity index (χ0) is 18.9. The van der Waals surface area contributed by atoms with Crippen LogP contribution in [0.1, 0.15) is 18.1 Å². The van der Waals surface area contributed by atoms with Gasteiger partial charge < -0.3 is 14.4 Å². The van der Waals surface area contributed by atoms with E-state index in [2.05, 4.69) is 0 Å². The third kappa shape index (κ3) is 6.08. The van der Waals surface area contributed by atoms with E-state index < -0.39 is 0 Å². The molecule has 0 aliphatic carbocycles. The zero-order valence-electron chi connectivity index (χ0n) is 16.1. The Morgan fingerprint density at radius 1 is 0.962 bits per heavy atom. The lowest BCUT2D eigenvalue weighted by Crippen LogP contribution is -2.36. The first kappa shape index (κ1) is 19.8. The molecule has 0 bridgehead atoms. The van der Waals surface area contributed by atoms with Gasteiger partial charge >= 0.3 is 0 Å². The van der Waals surface area contributed by atoms with Crippen LogP contribution in [0.4, 0.5) is 0 Å². The second kappa shape index (κ2) is 9.82. The summed E-state index contributed by atoms with van der Waals surface area (Å²) in [5.74, 6) is 1.75. The topological polar surface area (TPSA) is 42.0 Å². The Hall–Kier alpha value is -2.53. The van der Waals surface area contributed by atoms with Gasteiger partial charge in [0.15, 0.2) is 0 Å². The van der Waals surface area contributed by atoms with E-state index in [1.54, 1.807) is 12.0 Å². The monoisotopic (exact) mass is 356 g/mol. The van der Waals surface area contributed by atoms with Gasteiger partial charge in [-0.1, -0.05) is 24.3 Å². The second-order valence-corrected chi connectivity index (χ2v) is 6.35. The van der Waals surface area contributed by atoms with Gasteiger partial charge in [0.2, 0.25) is 5.91 Å². The highest BCUT2D eigenvalue weighted by Gasteiger charge is 2.13. The van der Waals surface area contributed by atoms with Crippen molar-refractivity contribution in [3.8, 4) is 11.5 Å². The summed E-state index contributed by atoms with van der Waals surface area (Å²) in [6.45, 7) is 4.27. The zero-order valence-corrected chi connectivity index (χ0v) is 16.1. The highest BCUT2D eigenvalue weighted by atomic mass is 16.5. The standard InChI is InChI=1S/C21H28N2O3/c1-5-26-19-11-9-17(10-12-19)14-22(2)16-21(24)23(3)15-18-7-6-8-20(13-18)25-4/h6-13H,5,14-16H2,1-4H3. The van der Waals surface area contributed by atoms with Crippen molar-refractivity contribution in [2.75, 3.05) is 34.4 Å². The van der Waals surface area contributed by atoms with E-state index in [1.807, 2.05) is 74.4 Å². The Morgan fingerprint density at radius 2 is 1.69 bits per heavy atom. The minimum absolute atomic E-state index is 0.0845. The van der Waals surface area contributed by atoms with Crippen LogP contribution < -0.4 is 9.47 Å². The number of amides is 1. The Morgan fingerprint density at radius 3 is 2.35 bits per heavy atom. The van der Waals surface area contributed by atoms with Gasteiger partial charge in [-0.2, -0.15) is 0 Å². The van der Waals surface area contributed by atoms with Crippen LogP contribution in [-0.2, 0) is 17.9 Å². The first-order chi connectivity index (χ1) is 12.5. The number of rotatable bonds is 9. The third-order valence-electron chi connectivity index (χ3n) is 4.07. The molecule has 0 N–H and O–H groups in total. The number of nitrogens with zero attached hydrogens (tertiary/aromatic N) is 2. The number of likely N-dealkylation sites (N-methyl/N-ethyl adjacent to an activating group) is 2. The fourth-order valence-electron chi connectivity index (χ4n) is 2.71. The quantitative estimate of drug-likeness (QED) is 0.692. The molecule has 2 aromatic rings. The molecule has 5 nitrogen and oxygen atoms in total. The fraction of sp³-hybridized carbons (Fsp3) is 0.381. The van der Waals surface area contributed by atoms with Crippen LogP contribution >= 0.6 is 0 Å². The van der Waals surface area contributed by atoms with E-state index in [9.17, 15) is 4.79 Å². The first-order valence-corrected chi connectivity index (χ1v) is 8.79. The average molecular weight is 356 g/mol. The molecule has 26 heavy (non-hydrogen) atoms. The number of methoxy groups -OCH3 is 1. The molecule has 2 aromatic carbocycles. The number of benzene rings is 2. The summed E-state index contributed by atoms with van der Waals surface area (Å²) < 4.78 is 10.7. The number of carbonyl (C=O) groups is 1. The molecule has 2 rings (SSSR count). The molecule has 0 atom stereocenters. The van der Waals surface area contributed by atoms with Gasteiger partial charge in [0, 0.05) is 20.1 Å². The molecular formula is C21H28N2O3. The van der Waals surface area contributed by atoms with Crippen molar-refractivity contribution in [3.63, 3.8) is 0 Å². The van der Waals surface area contributed by atoms with Crippen molar-refractivity contribution in [2.24, 2.45) is 0 Å². The van der Waals surface area contributed by atoms with Crippen molar-refractivity contribution in [1.82, 2.24) is 9.80 Å². The number of hydrogen-bond acceptors (Lipinski definition) is 4. The fourth-order valence-corrected chi connectivity index (χ4v) is 2.71. The van der Waals surface area contributed by atoms with Gasteiger partial charge in [-0.15, -0.1) is 0 Å². The SMILES string of the molecule is CCOc1ccc(CN(C)CC(=O)N(C)Cc2cccc(OC)c2)cc1. The molecular weight excluding hydrogens is 328 g/mol. The van der Waals surface area contributed by atoms with Crippen LogP contribution in [0.15, 0.2) is 48.5 Å². The van der Waals surface area contributed by atoms with E-state index >= 15 is 0 Å². The van der Waals surface area contributed by atoms with Gasteiger partial charge in [0.05, 0.1) is 20.3 Å².